The summed E-state index contributed by atoms with van der Waals surface area (Å²) < 4.78 is 8.11. The minimum atomic E-state index is 0.0691. The van der Waals surface area contributed by atoms with Crippen molar-refractivity contribution < 1.29 is 4.74 Å². The molecule has 0 radical (unpaired) electrons. The molecule has 3 aliphatic rings. The van der Waals surface area contributed by atoms with Crippen LogP contribution in [-0.4, -0.2) is 63.9 Å². The maximum absolute atomic E-state index is 5.90. The number of morpholine rings is 1. The van der Waals surface area contributed by atoms with Crippen molar-refractivity contribution in [3.63, 3.8) is 0 Å². The van der Waals surface area contributed by atoms with Crippen LogP contribution in [0.5, 0.6) is 0 Å². The molecule has 7 heteroatoms. The first-order valence-electron chi connectivity index (χ1n) is 12.6. The van der Waals surface area contributed by atoms with Crippen LogP contribution in [0.25, 0.3) is 0 Å². The Bertz CT molecular complexity index is 949. The van der Waals surface area contributed by atoms with Gasteiger partial charge in [0.1, 0.15) is 0 Å². The lowest BCUT2D eigenvalue weighted by atomic mass is 9.96. The summed E-state index contributed by atoms with van der Waals surface area (Å²) in [6, 6.07) is 9.48. The highest BCUT2D eigenvalue weighted by atomic mass is 32.1. The third-order valence-electron chi connectivity index (χ3n) is 7.71. The van der Waals surface area contributed by atoms with E-state index in [2.05, 4.69) is 51.7 Å². The van der Waals surface area contributed by atoms with Crippen LogP contribution in [0.1, 0.15) is 72.9 Å². The second-order valence-electron chi connectivity index (χ2n) is 9.76. The van der Waals surface area contributed by atoms with Gasteiger partial charge < -0.3 is 19.5 Å². The average Bonchev–Trinajstić information content (AvgIpc) is 3.54. The molecule has 0 amide bonds. The number of ether oxygens (including phenoxy) is 1. The number of aryl methyl sites for hydroxylation is 1. The van der Waals surface area contributed by atoms with Crippen molar-refractivity contribution in [2.75, 3.05) is 39.4 Å². The molecule has 4 heterocycles. The molecular weight excluding hydrogens is 430 g/mol. The molecule has 178 valence electrons. The Labute approximate surface area is 203 Å². The van der Waals surface area contributed by atoms with Gasteiger partial charge >= 0.3 is 0 Å². The summed E-state index contributed by atoms with van der Waals surface area (Å²) in [5, 5.41) is 4.49. The van der Waals surface area contributed by atoms with E-state index in [1.807, 2.05) is 12.3 Å². The number of thiocarbonyl (C=S) groups is 1. The monoisotopic (exact) mass is 467 g/mol. The quantitative estimate of drug-likeness (QED) is 0.613. The molecule has 33 heavy (non-hydrogen) atoms. The molecule has 3 fully saturated rings. The highest BCUT2D eigenvalue weighted by molar-refractivity contribution is 7.80. The van der Waals surface area contributed by atoms with Crippen LogP contribution in [0, 0.1) is 13.8 Å². The zero-order valence-electron chi connectivity index (χ0n) is 20.0. The molecule has 0 bridgehead atoms. The van der Waals surface area contributed by atoms with Crippen molar-refractivity contribution in [3.8, 4) is 0 Å². The fraction of sp³-hybridized carbons (Fsp3) is 0.615. The van der Waals surface area contributed by atoms with Gasteiger partial charge in [0, 0.05) is 49.8 Å². The number of rotatable bonds is 7. The SMILES string of the molecule is Cc1cc([C@@H]2[C@@H](c3ccccn3)NC(=S)N2CCCN2CCOCC2)c(C)n1C1CCCC1. The van der Waals surface area contributed by atoms with E-state index in [0.29, 0.717) is 6.04 Å². The lowest BCUT2D eigenvalue weighted by Crippen LogP contribution is -2.39. The number of aromatic nitrogens is 2. The summed E-state index contributed by atoms with van der Waals surface area (Å²) >= 11 is 5.90. The molecule has 1 saturated carbocycles. The van der Waals surface area contributed by atoms with E-state index < -0.39 is 0 Å². The zero-order valence-corrected chi connectivity index (χ0v) is 20.8. The van der Waals surface area contributed by atoms with E-state index in [4.69, 9.17) is 21.9 Å². The average molecular weight is 468 g/mol. The molecular formula is C26H37N5OS. The predicted molar refractivity (Wildman–Crippen MR) is 135 cm³/mol. The van der Waals surface area contributed by atoms with Crippen molar-refractivity contribution >= 4 is 17.3 Å². The van der Waals surface area contributed by atoms with Crippen LogP contribution < -0.4 is 5.32 Å². The van der Waals surface area contributed by atoms with E-state index in [1.54, 1.807) is 0 Å². The maximum atomic E-state index is 5.90. The van der Waals surface area contributed by atoms with Crippen LogP contribution in [-0.2, 0) is 4.74 Å². The topological polar surface area (TPSA) is 45.6 Å². The molecule has 0 spiro atoms. The van der Waals surface area contributed by atoms with Crippen molar-refractivity contribution in [1.82, 2.24) is 24.7 Å². The molecule has 0 unspecified atom stereocenters. The van der Waals surface area contributed by atoms with Gasteiger partial charge in [-0.1, -0.05) is 18.9 Å². The van der Waals surface area contributed by atoms with E-state index in [1.165, 1.54) is 42.6 Å². The molecule has 1 N–H and O–H groups in total. The third-order valence-corrected chi connectivity index (χ3v) is 8.06. The first-order chi connectivity index (χ1) is 16.1. The van der Waals surface area contributed by atoms with Gasteiger partial charge in [-0.2, -0.15) is 0 Å². The number of pyridine rings is 1. The summed E-state index contributed by atoms with van der Waals surface area (Å²) in [5.41, 5.74) is 5.23. The van der Waals surface area contributed by atoms with Gasteiger partial charge in [0.2, 0.25) is 0 Å². The lowest BCUT2D eigenvalue weighted by molar-refractivity contribution is 0.0365. The van der Waals surface area contributed by atoms with Crippen molar-refractivity contribution in [3.05, 3.63) is 53.1 Å². The molecule has 0 aromatic carbocycles. The first-order valence-corrected chi connectivity index (χ1v) is 13.0. The van der Waals surface area contributed by atoms with Crippen LogP contribution in [0.3, 0.4) is 0 Å². The molecule has 2 aliphatic heterocycles. The van der Waals surface area contributed by atoms with Crippen LogP contribution in [0.15, 0.2) is 30.5 Å². The standard InChI is InChI=1S/C26H37N5OS/c1-19-18-22(20(2)31(19)21-8-3-4-9-21)25-24(23-10-5-6-11-27-23)28-26(33)30(25)13-7-12-29-14-16-32-17-15-29/h5-6,10-11,18,21,24-25H,3-4,7-9,12-17H2,1-2H3,(H,28,33)/t24-,25-/m1/s1. The van der Waals surface area contributed by atoms with E-state index >= 15 is 0 Å². The molecule has 6 nitrogen and oxygen atoms in total. The Morgan fingerprint density at radius 1 is 1.12 bits per heavy atom. The van der Waals surface area contributed by atoms with Crippen LogP contribution >= 0.6 is 12.2 Å². The van der Waals surface area contributed by atoms with Crippen molar-refractivity contribution in [2.24, 2.45) is 0 Å². The molecule has 2 aromatic rings. The molecule has 2 saturated heterocycles. The van der Waals surface area contributed by atoms with E-state index in [0.717, 1.165) is 56.6 Å². The predicted octanol–water partition coefficient (Wildman–Crippen LogP) is 4.31. The number of hydrogen-bond acceptors (Lipinski definition) is 4. The highest BCUT2D eigenvalue weighted by Gasteiger charge is 2.41. The van der Waals surface area contributed by atoms with Crippen molar-refractivity contribution in [2.45, 2.75) is 64.1 Å². The largest absolute Gasteiger partial charge is 0.379 e. The van der Waals surface area contributed by atoms with Gasteiger partial charge in [-0.05, 0) is 69.1 Å². The molecule has 5 rings (SSSR count). The Hall–Kier alpha value is -1.96. The van der Waals surface area contributed by atoms with Gasteiger partial charge in [0.15, 0.2) is 5.11 Å². The van der Waals surface area contributed by atoms with Crippen LogP contribution in [0.2, 0.25) is 0 Å². The summed E-state index contributed by atoms with van der Waals surface area (Å²) in [6.07, 6.45) is 8.26. The van der Waals surface area contributed by atoms with Crippen molar-refractivity contribution in [1.29, 1.82) is 0 Å². The molecule has 1 aliphatic carbocycles. The summed E-state index contributed by atoms with van der Waals surface area (Å²) in [7, 11) is 0. The fourth-order valence-electron chi connectivity index (χ4n) is 6.10. The summed E-state index contributed by atoms with van der Waals surface area (Å²) in [6.45, 7) is 10.4. The number of hydrogen-bond donors (Lipinski definition) is 1. The summed E-state index contributed by atoms with van der Waals surface area (Å²) in [4.78, 5) is 9.65. The fourth-order valence-corrected chi connectivity index (χ4v) is 6.43. The second-order valence-corrected chi connectivity index (χ2v) is 10.1. The Kier molecular flexibility index (Phi) is 6.99. The van der Waals surface area contributed by atoms with Gasteiger partial charge in [0.05, 0.1) is 31.0 Å². The van der Waals surface area contributed by atoms with E-state index in [-0.39, 0.29) is 12.1 Å². The maximum Gasteiger partial charge on any atom is 0.170 e. The van der Waals surface area contributed by atoms with Gasteiger partial charge in [-0.3, -0.25) is 9.88 Å². The first kappa shape index (κ1) is 22.8. The Balaban J connectivity index is 1.43. The number of nitrogens with zero attached hydrogens (tertiary/aromatic N) is 4. The lowest BCUT2D eigenvalue weighted by Gasteiger charge is -2.30. The minimum Gasteiger partial charge on any atom is -0.379 e. The molecule has 2 aromatic heterocycles. The minimum absolute atomic E-state index is 0.0691. The third kappa shape index (κ3) is 4.68. The Morgan fingerprint density at radius 2 is 1.91 bits per heavy atom. The van der Waals surface area contributed by atoms with Gasteiger partial charge in [-0.15, -0.1) is 0 Å². The Morgan fingerprint density at radius 3 is 2.64 bits per heavy atom. The van der Waals surface area contributed by atoms with E-state index in [9.17, 15) is 0 Å². The normalized spacial score (nSPS) is 24.5. The second kappa shape index (κ2) is 10.1. The smallest absolute Gasteiger partial charge is 0.170 e. The highest BCUT2D eigenvalue weighted by Crippen LogP contribution is 2.42. The van der Waals surface area contributed by atoms with Gasteiger partial charge in [-0.25, -0.2) is 0 Å². The zero-order chi connectivity index (χ0) is 22.8. The summed E-state index contributed by atoms with van der Waals surface area (Å²) in [5.74, 6) is 0. The molecule has 2 atom stereocenters. The van der Waals surface area contributed by atoms with Crippen LogP contribution in [0.4, 0.5) is 0 Å². The number of nitrogens with one attached hydrogen (secondary N) is 1. The van der Waals surface area contributed by atoms with Gasteiger partial charge in [0.25, 0.3) is 0 Å².